The molecule has 1 aliphatic carbocycles. The van der Waals surface area contributed by atoms with Gasteiger partial charge in [-0.25, -0.2) is 0 Å². The number of carbonyl (C=O) groups is 1. The Balaban J connectivity index is 1.89. The van der Waals surface area contributed by atoms with E-state index in [1.54, 1.807) is 7.11 Å². The first-order valence-corrected chi connectivity index (χ1v) is 7.15. The molecule has 100 valence electrons. The highest BCUT2D eigenvalue weighted by atomic mass is 32.1. The summed E-state index contributed by atoms with van der Waals surface area (Å²) in [5.74, 6) is 1.38. The second-order valence-electron chi connectivity index (χ2n) is 4.86. The summed E-state index contributed by atoms with van der Waals surface area (Å²) in [5, 5.41) is 3.87. The molecule has 1 amide bonds. The van der Waals surface area contributed by atoms with Crippen LogP contribution in [-0.4, -0.2) is 19.6 Å². The van der Waals surface area contributed by atoms with Gasteiger partial charge < -0.3 is 15.8 Å². The lowest BCUT2D eigenvalue weighted by Gasteiger charge is -2.02. The molecule has 4 nitrogen and oxygen atoms in total. The van der Waals surface area contributed by atoms with E-state index in [1.165, 1.54) is 24.2 Å². The fourth-order valence-electron chi connectivity index (χ4n) is 2.03. The molecule has 0 unspecified atom stereocenters. The number of carbonyl (C=O) groups excluding carboxylic acids is 1. The molecule has 0 atom stereocenters. The molecular formula is C14H16N2O2S. The van der Waals surface area contributed by atoms with Crippen LogP contribution < -0.4 is 15.8 Å². The molecule has 0 bridgehead atoms. The summed E-state index contributed by atoms with van der Waals surface area (Å²) in [6, 6.07) is 5.67. The fourth-order valence-corrected chi connectivity index (χ4v) is 3.10. The molecule has 1 fully saturated rings. The number of thiophene rings is 1. The largest absolute Gasteiger partial charge is 0.497 e. The van der Waals surface area contributed by atoms with Gasteiger partial charge in [-0.1, -0.05) is 0 Å². The summed E-state index contributed by atoms with van der Waals surface area (Å²) < 4.78 is 6.16. The van der Waals surface area contributed by atoms with E-state index in [2.05, 4.69) is 5.32 Å². The number of hydrogen-bond acceptors (Lipinski definition) is 4. The summed E-state index contributed by atoms with van der Waals surface area (Å²) in [6.07, 6.45) is 2.44. The Morgan fingerprint density at radius 1 is 1.53 bits per heavy atom. The van der Waals surface area contributed by atoms with Crippen LogP contribution in [-0.2, 0) is 0 Å². The molecule has 3 N–H and O–H groups in total. The van der Waals surface area contributed by atoms with Gasteiger partial charge in [0.05, 0.1) is 12.8 Å². The number of rotatable bonds is 4. The second-order valence-corrected chi connectivity index (χ2v) is 5.91. The molecule has 19 heavy (non-hydrogen) atoms. The van der Waals surface area contributed by atoms with Gasteiger partial charge in [0, 0.05) is 16.6 Å². The maximum atomic E-state index is 12.1. The van der Waals surface area contributed by atoms with Crippen LogP contribution in [0.5, 0.6) is 5.75 Å². The van der Waals surface area contributed by atoms with Crippen molar-refractivity contribution >= 4 is 33.0 Å². The molecule has 5 heteroatoms. The molecular weight excluding hydrogens is 260 g/mol. The van der Waals surface area contributed by atoms with Crippen LogP contribution in [0.2, 0.25) is 0 Å². The zero-order valence-corrected chi connectivity index (χ0v) is 11.5. The Labute approximate surface area is 115 Å². The summed E-state index contributed by atoms with van der Waals surface area (Å²) in [4.78, 5) is 12.7. The van der Waals surface area contributed by atoms with Crippen molar-refractivity contribution < 1.29 is 9.53 Å². The van der Waals surface area contributed by atoms with Crippen LogP contribution in [0.3, 0.4) is 0 Å². The van der Waals surface area contributed by atoms with E-state index in [1.807, 2.05) is 18.2 Å². The lowest BCUT2D eigenvalue weighted by Crippen LogP contribution is -2.25. The van der Waals surface area contributed by atoms with E-state index < -0.39 is 0 Å². The number of nitrogens with two attached hydrogens (primary N) is 1. The van der Waals surface area contributed by atoms with Crippen molar-refractivity contribution in [2.75, 3.05) is 19.4 Å². The minimum Gasteiger partial charge on any atom is -0.497 e. The van der Waals surface area contributed by atoms with Gasteiger partial charge in [0.15, 0.2) is 0 Å². The average Bonchev–Trinajstić information content (AvgIpc) is 3.20. The topological polar surface area (TPSA) is 64.3 Å². The number of fused-ring (bicyclic) bond motifs is 1. The van der Waals surface area contributed by atoms with Crippen LogP contribution in [0.15, 0.2) is 18.2 Å². The van der Waals surface area contributed by atoms with E-state index in [0.29, 0.717) is 16.5 Å². The van der Waals surface area contributed by atoms with Gasteiger partial charge >= 0.3 is 0 Å². The van der Waals surface area contributed by atoms with Gasteiger partial charge in [0.1, 0.15) is 10.6 Å². The van der Waals surface area contributed by atoms with Crippen molar-refractivity contribution in [3.05, 3.63) is 23.1 Å². The van der Waals surface area contributed by atoms with Crippen LogP contribution in [0, 0.1) is 5.92 Å². The summed E-state index contributed by atoms with van der Waals surface area (Å²) in [5.41, 5.74) is 6.63. The van der Waals surface area contributed by atoms with Gasteiger partial charge in [-0.05, 0) is 37.0 Å². The molecule has 0 spiro atoms. The van der Waals surface area contributed by atoms with E-state index in [9.17, 15) is 4.79 Å². The lowest BCUT2D eigenvalue weighted by molar-refractivity contribution is 0.0956. The van der Waals surface area contributed by atoms with Crippen molar-refractivity contribution in [3.8, 4) is 5.75 Å². The number of methoxy groups -OCH3 is 1. The summed E-state index contributed by atoms with van der Waals surface area (Å²) in [6.45, 7) is 0.760. The minimum atomic E-state index is -0.0652. The third-order valence-electron chi connectivity index (χ3n) is 3.39. The number of amides is 1. The first-order chi connectivity index (χ1) is 9.19. The molecule has 0 radical (unpaired) electrons. The van der Waals surface area contributed by atoms with Crippen molar-refractivity contribution in [1.29, 1.82) is 0 Å². The maximum absolute atomic E-state index is 12.1. The van der Waals surface area contributed by atoms with Crippen molar-refractivity contribution in [2.24, 2.45) is 5.92 Å². The van der Waals surface area contributed by atoms with Gasteiger partial charge in [0.2, 0.25) is 0 Å². The molecule has 0 aliphatic heterocycles. The van der Waals surface area contributed by atoms with E-state index in [4.69, 9.17) is 10.5 Å². The van der Waals surface area contributed by atoms with Gasteiger partial charge in [0.25, 0.3) is 5.91 Å². The smallest absolute Gasteiger partial charge is 0.263 e. The Morgan fingerprint density at radius 3 is 3.00 bits per heavy atom. The number of nitrogen functional groups attached to an aromatic ring is 1. The highest BCUT2D eigenvalue weighted by molar-refractivity contribution is 7.21. The highest BCUT2D eigenvalue weighted by Crippen LogP contribution is 2.36. The molecule has 1 aromatic carbocycles. The minimum absolute atomic E-state index is 0.0652. The predicted molar refractivity (Wildman–Crippen MR) is 77.8 cm³/mol. The number of nitrogens with one attached hydrogen (secondary N) is 1. The van der Waals surface area contributed by atoms with E-state index >= 15 is 0 Å². The third-order valence-corrected chi connectivity index (χ3v) is 4.56. The number of hydrogen-bond donors (Lipinski definition) is 2. The normalized spacial score (nSPS) is 14.6. The Kier molecular flexibility index (Phi) is 3.06. The Hall–Kier alpha value is -1.75. The van der Waals surface area contributed by atoms with E-state index in [-0.39, 0.29) is 5.91 Å². The zero-order chi connectivity index (χ0) is 13.4. The first-order valence-electron chi connectivity index (χ1n) is 6.33. The van der Waals surface area contributed by atoms with Gasteiger partial charge in [-0.15, -0.1) is 11.3 Å². The zero-order valence-electron chi connectivity index (χ0n) is 10.7. The van der Waals surface area contributed by atoms with Gasteiger partial charge in [-0.3, -0.25) is 4.79 Å². The summed E-state index contributed by atoms with van der Waals surface area (Å²) in [7, 11) is 1.63. The molecule has 1 aliphatic rings. The Bertz CT molecular complexity index is 632. The molecule has 1 aromatic heterocycles. The van der Waals surface area contributed by atoms with Crippen molar-refractivity contribution in [2.45, 2.75) is 12.8 Å². The third kappa shape index (κ3) is 2.38. The SMILES string of the molecule is COc1ccc2c(N)c(C(=O)NCC3CC3)sc2c1. The second kappa shape index (κ2) is 4.74. The molecule has 1 heterocycles. The standard InChI is InChI=1S/C14H16N2O2S/c1-18-9-4-5-10-11(6-9)19-13(12(10)15)14(17)16-7-8-2-3-8/h4-6,8H,2-3,7,15H2,1H3,(H,16,17). The van der Waals surface area contributed by atoms with Gasteiger partial charge in [-0.2, -0.15) is 0 Å². The quantitative estimate of drug-likeness (QED) is 0.902. The molecule has 2 aromatic rings. The summed E-state index contributed by atoms with van der Waals surface area (Å²) >= 11 is 1.42. The highest BCUT2D eigenvalue weighted by Gasteiger charge is 2.23. The number of benzene rings is 1. The lowest BCUT2D eigenvalue weighted by atomic mass is 10.2. The van der Waals surface area contributed by atoms with E-state index in [0.717, 1.165) is 22.4 Å². The van der Waals surface area contributed by atoms with Crippen LogP contribution in [0.4, 0.5) is 5.69 Å². The maximum Gasteiger partial charge on any atom is 0.263 e. The monoisotopic (exact) mass is 276 g/mol. The molecule has 0 saturated heterocycles. The molecule has 3 rings (SSSR count). The van der Waals surface area contributed by atoms with Crippen molar-refractivity contribution in [3.63, 3.8) is 0 Å². The Morgan fingerprint density at radius 2 is 2.32 bits per heavy atom. The molecule has 1 saturated carbocycles. The van der Waals surface area contributed by atoms with Crippen LogP contribution in [0.1, 0.15) is 22.5 Å². The number of ether oxygens (including phenoxy) is 1. The first kappa shape index (κ1) is 12.3. The van der Waals surface area contributed by atoms with Crippen LogP contribution >= 0.6 is 11.3 Å². The fraction of sp³-hybridized carbons (Fsp3) is 0.357. The average molecular weight is 276 g/mol. The van der Waals surface area contributed by atoms with Crippen molar-refractivity contribution in [1.82, 2.24) is 5.32 Å². The van der Waals surface area contributed by atoms with Crippen LogP contribution in [0.25, 0.3) is 10.1 Å². The number of anilines is 1. The predicted octanol–water partition coefficient (Wildman–Crippen LogP) is 2.63.